The molecule has 1 aromatic heterocycles. The Bertz CT molecular complexity index is 533. The number of aromatic carboxylic acids is 1. The Balaban J connectivity index is 2.07. The largest absolute Gasteiger partial charge is 0.478 e. The van der Waals surface area contributed by atoms with E-state index in [1.54, 1.807) is 7.11 Å². The van der Waals surface area contributed by atoms with Gasteiger partial charge in [0.05, 0.1) is 11.7 Å². The van der Waals surface area contributed by atoms with Gasteiger partial charge in [-0.15, -0.1) is 0 Å². The first kappa shape index (κ1) is 14.6. The Kier molecular flexibility index (Phi) is 3.60. The molecule has 0 radical (unpaired) electrons. The number of carbonyl (C=O) groups excluding carboxylic acids is 1. The average Bonchev–Trinajstić information content (AvgIpc) is 2.85. The standard InChI is InChI=1S/C14H19NO5/c1-7-10(14(2,3)11(7)19-4)15-12(16)9-5-8(6-20-9)13(17)18/h5-7,10-11H,1-4H3,(H,15,16)(H,17,18). The molecule has 3 unspecified atom stereocenters. The van der Waals surface area contributed by atoms with Gasteiger partial charge in [0.2, 0.25) is 0 Å². The Hall–Kier alpha value is -1.82. The van der Waals surface area contributed by atoms with E-state index >= 15 is 0 Å². The number of nitrogens with one attached hydrogen (secondary N) is 1. The van der Waals surface area contributed by atoms with Crippen molar-refractivity contribution in [1.82, 2.24) is 5.32 Å². The molecule has 20 heavy (non-hydrogen) atoms. The lowest BCUT2D eigenvalue weighted by Gasteiger charge is -2.56. The van der Waals surface area contributed by atoms with Gasteiger partial charge in [0, 0.05) is 30.6 Å². The van der Waals surface area contributed by atoms with Crippen LogP contribution in [0.4, 0.5) is 0 Å². The van der Waals surface area contributed by atoms with Crippen LogP contribution < -0.4 is 5.32 Å². The summed E-state index contributed by atoms with van der Waals surface area (Å²) in [7, 11) is 1.66. The van der Waals surface area contributed by atoms with E-state index in [4.69, 9.17) is 14.3 Å². The van der Waals surface area contributed by atoms with E-state index in [1.165, 1.54) is 6.07 Å². The van der Waals surface area contributed by atoms with Crippen molar-refractivity contribution in [3.63, 3.8) is 0 Å². The quantitative estimate of drug-likeness (QED) is 0.878. The minimum atomic E-state index is -1.12. The fourth-order valence-electron chi connectivity index (χ4n) is 3.20. The van der Waals surface area contributed by atoms with Crippen LogP contribution >= 0.6 is 0 Å². The highest BCUT2D eigenvalue weighted by molar-refractivity contribution is 5.95. The molecular weight excluding hydrogens is 262 g/mol. The van der Waals surface area contributed by atoms with Gasteiger partial charge in [0.15, 0.2) is 5.76 Å². The van der Waals surface area contributed by atoms with Crippen molar-refractivity contribution in [2.45, 2.75) is 32.9 Å². The summed E-state index contributed by atoms with van der Waals surface area (Å²) in [6.45, 7) is 6.06. The fourth-order valence-corrected chi connectivity index (χ4v) is 3.20. The molecule has 1 aliphatic carbocycles. The second-order valence-corrected chi connectivity index (χ2v) is 5.79. The first-order valence-corrected chi connectivity index (χ1v) is 6.44. The number of methoxy groups -OCH3 is 1. The number of carbonyl (C=O) groups is 2. The molecule has 110 valence electrons. The Morgan fingerprint density at radius 2 is 2.10 bits per heavy atom. The fraction of sp³-hybridized carbons (Fsp3) is 0.571. The predicted octanol–water partition coefficient (Wildman–Crippen LogP) is 1.77. The van der Waals surface area contributed by atoms with Crippen LogP contribution in [0.25, 0.3) is 0 Å². The molecule has 0 aliphatic heterocycles. The zero-order valence-corrected chi connectivity index (χ0v) is 12.0. The van der Waals surface area contributed by atoms with Gasteiger partial charge < -0.3 is 19.6 Å². The highest BCUT2D eigenvalue weighted by Gasteiger charge is 2.55. The molecule has 2 rings (SSSR count). The minimum absolute atomic E-state index is 0.00580. The van der Waals surface area contributed by atoms with Crippen molar-refractivity contribution in [3.8, 4) is 0 Å². The smallest absolute Gasteiger partial charge is 0.338 e. The van der Waals surface area contributed by atoms with Crippen LogP contribution in [0.2, 0.25) is 0 Å². The summed E-state index contributed by atoms with van der Waals surface area (Å²) < 4.78 is 10.4. The third-order valence-electron chi connectivity index (χ3n) is 4.15. The zero-order valence-electron chi connectivity index (χ0n) is 12.0. The number of amides is 1. The normalized spacial score (nSPS) is 27.7. The van der Waals surface area contributed by atoms with Crippen molar-refractivity contribution in [2.24, 2.45) is 11.3 Å². The molecule has 6 nitrogen and oxygen atoms in total. The van der Waals surface area contributed by atoms with Gasteiger partial charge in [0.1, 0.15) is 6.26 Å². The maximum atomic E-state index is 12.1. The van der Waals surface area contributed by atoms with Crippen LogP contribution in [-0.4, -0.2) is 36.2 Å². The van der Waals surface area contributed by atoms with Gasteiger partial charge >= 0.3 is 5.97 Å². The summed E-state index contributed by atoms with van der Waals surface area (Å²) in [6, 6.07) is 1.18. The summed E-state index contributed by atoms with van der Waals surface area (Å²) in [6.07, 6.45) is 1.14. The maximum absolute atomic E-state index is 12.1. The molecule has 0 aromatic carbocycles. The Labute approximate surface area is 117 Å². The number of ether oxygens (including phenoxy) is 1. The molecule has 1 amide bonds. The van der Waals surface area contributed by atoms with Crippen LogP contribution in [0, 0.1) is 11.3 Å². The molecule has 2 N–H and O–H groups in total. The van der Waals surface area contributed by atoms with Crippen LogP contribution in [-0.2, 0) is 4.74 Å². The van der Waals surface area contributed by atoms with Crippen molar-refractivity contribution in [1.29, 1.82) is 0 Å². The van der Waals surface area contributed by atoms with Crippen molar-refractivity contribution in [2.75, 3.05) is 7.11 Å². The second-order valence-electron chi connectivity index (χ2n) is 5.79. The molecular formula is C14H19NO5. The molecule has 0 bridgehead atoms. The highest BCUT2D eigenvalue weighted by Crippen LogP contribution is 2.46. The first-order valence-electron chi connectivity index (χ1n) is 6.44. The van der Waals surface area contributed by atoms with E-state index in [-0.39, 0.29) is 34.8 Å². The number of furan rings is 1. The monoisotopic (exact) mass is 281 g/mol. The molecule has 1 aromatic rings. The molecule has 1 saturated carbocycles. The van der Waals surface area contributed by atoms with Crippen LogP contribution in [0.5, 0.6) is 0 Å². The molecule has 0 spiro atoms. The summed E-state index contributed by atoms with van der Waals surface area (Å²) in [4.78, 5) is 22.8. The van der Waals surface area contributed by atoms with Crippen molar-refractivity contribution in [3.05, 3.63) is 23.7 Å². The lowest BCUT2D eigenvalue weighted by molar-refractivity contribution is -0.141. The molecule has 1 heterocycles. The summed E-state index contributed by atoms with van der Waals surface area (Å²) in [5.74, 6) is -1.33. The molecule has 1 aliphatic rings. The van der Waals surface area contributed by atoms with Gasteiger partial charge in [-0.25, -0.2) is 4.79 Å². The van der Waals surface area contributed by atoms with Gasteiger partial charge in [-0.3, -0.25) is 4.79 Å². The van der Waals surface area contributed by atoms with Crippen molar-refractivity contribution < 1.29 is 23.8 Å². The topological polar surface area (TPSA) is 88.8 Å². The lowest BCUT2D eigenvalue weighted by Crippen LogP contribution is -2.67. The van der Waals surface area contributed by atoms with E-state index in [0.717, 1.165) is 6.26 Å². The van der Waals surface area contributed by atoms with Crippen LogP contribution in [0.1, 0.15) is 41.7 Å². The van der Waals surface area contributed by atoms with Crippen LogP contribution in [0.3, 0.4) is 0 Å². The van der Waals surface area contributed by atoms with E-state index in [1.807, 2.05) is 20.8 Å². The van der Waals surface area contributed by atoms with E-state index in [0.29, 0.717) is 0 Å². The minimum Gasteiger partial charge on any atom is -0.478 e. The molecule has 3 atom stereocenters. The van der Waals surface area contributed by atoms with Gasteiger partial charge in [-0.1, -0.05) is 20.8 Å². The number of hydrogen-bond donors (Lipinski definition) is 2. The summed E-state index contributed by atoms with van der Waals surface area (Å²) >= 11 is 0. The van der Waals surface area contributed by atoms with Gasteiger partial charge in [0.25, 0.3) is 5.91 Å². The first-order chi connectivity index (χ1) is 9.28. The van der Waals surface area contributed by atoms with E-state index < -0.39 is 11.9 Å². The average molecular weight is 281 g/mol. The Morgan fingerprint density at radius 1 is 1.45 bits per heavy atom. The number of carboxylic acids is 1. The van der Waals surface area contributed by atoms with Crippen molar-refractivity contribution >= 4 is 11.9 Å². The lowest BCUT2D eigenvalue weighted by atomic mass is 9.58. The van der Waals surface area contributed by atoms with Gasteiger partial charge in [-0.2, -0.15) is 0 Å². The Morgan fingerprint density at radius 3 is 2.55 bits per heavy atom. The van der Waals surface area contributed by atoms with Gasteiger partial charge in [-0.05, 0) is 0 Å². The second kappa shape index (κ2) is 4.94. The number of hydrogen-bond acceptors (Lipinski definition) is 4. The molecule has 6 heteroatoms. The van der Waals surface area contributed by atoms with E-state index in [9.17, 15) is 9.59 Å². The summed E-state index contributed by atoms with van der Waals surface area (Å²) in [5, 5.41) is 11.7. The third-order valence-corrected chi connectivity index (χ3v) is 4.15. The third kappa shape index (κ3) is 2.20. The maximum Gasteiger partial charge on any atom is 0.338 e. The zero-order chi connectivity index (χ0) is 15.1. The highest BCUT2D eigenvalue weighted by atomic mass is 16.5. The SMILES string of the molecule is COC1C(C)C(NC(=O)c2cc(C(=O)O)co2)C1(C)C. The number of rotatable bonds is 4. The molecule has 0 saturated heterocycles. The molecule has 1 fully saturated rings. The summed E-state index contributed by atoms with van der Waals surface area (Å²) in [5.41, 5.74) is -0.211. The number of carboxylic acid groups (broad SMARTS) is 1. The predicted molar refractivity (Wildman–Crippen MR) is 70.7 cm³/mol. The van der Waals surface area contributed by atoms with E-state index in [2.05, 4.69) is 5.32 Å². The van der Waals surface area contributed by atoms with Crippen LogP contribution in [0.15, 0.2) is 16.7 Å².